The third kappa shape index (κ3) is 12.3. The van der Waals surface area contributed by atoms with Crippen LogP contribution in [0, 0.1) is 0 Å². The smallest absolute Gasteiger partial charge is 0.310 e. The van der Waals surface area contributed by atoms with Crippen molar-refractivity contribution in [3.8, 4) is 11.1 Å². The van der Waals surface area contributed by atoms with Crippen LogP contribution in [0.1, 0.15) is 54.4 Å². The van der Waals surface area contributed by atoms with Crippen LogP contribution in [-0.2, 0) is 16.0 Å². The van der Waals surface area contributed by atoms with Gasteiger partial charge in [0.15, 0.2) is 6.29 Å². The summed E-state index contributed by atoms with van der Waals surface area (Å²) in [6.07, 6.45) is 4.74. The molecule has 0 saturated heterocycles. The fourth-order valence-electron chi connectivity index (χ4n) is 2.90. The number of aldehydes is 1. The van der Waals surface area contributed by atoms with E-state index in [0.29, 0.717) is 13.0 Å². The van der Waals surface area contributed by atoms with Gasteiger partial charge in [-0.15, -0.1) is 11.3 Å². The van der Waals surface area contributed by atoms with Crippen LogP contribution in [0.25, 0.3) is 11.1 Å². The van der Waals surface area contributed by atoms with Gasteiger partial charge >= 0.3 is 5.97 Å². The quantitative estimate of drug-likeness (QED) is 0.161. The Morgan fingerprint density at radius 2 is 1.72 bits per heavy atom. The van der Waals surface area contributed by atoms with Gasteiger partial charge in [-0.2, -0.15) is 0 Å². The van der Waals surface area contributed by atoms with Crippen molar-refractivity contribution in [2.24, 2.45) is 15.7 Å². The lowest BCUT2D eigenvalue weighted by atomic mass is 9.99. The number of thiophene rings is 1. The lowest BCUT2D eigenvalue weighted by Gasteiger charge is -2.06. The summed E-state index contributed by atoms with van der Waals surface area (Å²) >= 11 is 1.47. The SMILES string of the molecule is CCN.CCN=CN=CC(C)c1ccc(-c2csc(C=O)c2)cc1.CCOC(=O)Cc1ccccc1. The Hall–Kier alpha value is -3.42. The topological polar surface area (TPSA) is 94.1 Å². The summed E-state index contributed by atoms with van der Waals surface area (Å²) < 4.78 is 4.81. The largest absolute Gasteiger partial charge is 0.466 e. The number of ether oxygens (including phenoxy) is 1. The van der Waals surface area contributed by atoms with Gasteiger partial charge in [-0.3, -0.25) is 14.6 Å². The molecule has 0 radical (unpaired) electrons. The Morgan fingerprint density at radius 1 is 1.06 bits per heavy atom. The third-order valence-electron chi connectivity index (χ3n) is 4.64. The van der Waals surface area contributed by atoms with Crippen molar-refractivity contribution in [2.45, 2.75) is 40.0 Å². The average Bonchev–Trinajstić information content (AvgIpc) is 3.38. The highest BCUT2D eigenvalue weighted by molar-refractivity contribution is 7.12. The van der Waals surface area contributed by atoms with Gasteiger partial charge in [0.2, 0.25) is 0 Å². The minimum absolute atomic E-state index is 0.163. The zero-order chi connectivity index (χ0) is 26.6. The molecule has 3 rings (SSSR count). The molecule has 1 aromatic heterocycles. The lowest BCUT2D eigenvalue weighted by molar-refractivity contribution is -0.142. The van der Waals surface area contributed by atoms with E-state index in [1.54, 1.807) is 6.34 Å². The second-order valence-corrected chi connectivity index (χ2v) is 8.50. The molecular weight excluding hydrogens is 470 g/mol. The second kappa shape index (κ2) is 18.9. The highest BCUT2D eigenvalue weighted by atomic mass is 32.1. The monoisotopic (exact) mass is 507 g/mol. The van der Waals surface area contributed by atoms with E-state index in [9.17, 15) is 9.59 Å². The Bertz CT molecular complexity index is 1060. The van der Waals surface area contributed by atoms with Crippen molar-refractivity contribution in [2.75, 3.05) is 19.7 Å². The Labute approximate surface area is 219 Å². The number of esters is 1. The Kier molecular flexibility index (Phi) is 16.0. The second-order valence-electron chi connectivity index (χ2n) is 7.55. The molecular formula is C29H37N3O3S. The molecule has 2 N–H and O–H groups in total. The van der Waals surface area contributed by atoms with Crippen LogP contribution in [0.5, 0.6) is 0 Å². The van der Waals surface area contributed by atoms with Crippen LogP contribution >= 0.6 is 11.3 Å². The minimum atomic E-state index is -0.163. The van der Waals surface area contributed by atoms with Crippen molar-refractivity contribution in [1.29, 1.82) is 0 Å². The molecule has 0 aliphatic heterocycles. The predicted octanol–water partition coefficient (Wildman–Crippen LogP) is 6.21. The molecule has 1 heterocycles. The molecule has 0 amide bonds. The number of carbonyl (C=O) groups excluding carboxylic acids is 2. The van der Waals surface area contributed by atoms with Gasteiger partial charge < -0.3 is 10.5 Å². The molecule has 0 fully saturated rings. The molecule has 0 saturated carbocycles. The fourth-order valence-corrected chi connectivity index (χ4v) is 3.62. The molecule has 0 aliphatic carbocycles. The van der Waals surface area contributed by atoms with Crippen LogP contribution in [0.4, 0.5) is 0 Å². The molecule has 1 unspecified atom stereocenters. The number of aliphatic imine (C=N–C) groups is 2. The van der Waals surface area contributed by atoms with Crippen LogP contribution in [0.3, 0.4) is 0 Å². The van der Waals surface area contributed by atoms with E-state index in [0.717, 1.165) is 40.9 Å². The first kappa shape index (κ1) is 30.6. The van der Waals surface area contributed by atoms with Crippen LogP contribution < -0.4 is 5.73 Å². The first-order chi connectivity index (χ1) is 17.5. The molecule has 0 spiro atoms. The van der Waals surface area contributed by atoms with Gasteiger partial charge in [-0.1, -0.05) is 68.4 Å². The van der Waals surface area contributed by atoms with Gasteiger partial charge in [0.05, 0.1) is 17.9 Å². The van der Waals surface area contributed by atoms with Crippen LogP contribution in [0.15, 0.2) is 76.0 Å². The van der Waals surface area contributed by atoms with E-state index in [4.69, 9.17) is 10.5 Å². The van der Waals surface area contributed by atoms with Crippen LogP contribution in [0.2, 0.25) is 0 Å². The molecule has 192 valence electrons. The molecule has 0 aliphatic rings. The first-order valence-electron chi connectivity index (χ1n) is 12.0. The summed E-state index contributed by atoms with van der Waals surface area (Å²) in [6.45, 7) is 9.75. The highest BCUT2D eigenvalue weighted by Gasteiger charge is 2.05. The molecule has 0 bridgehead atoms. The number of carbonyl (C=O) groups is 2. The number of rotatable bonds is 9. The molecule has 36 heavy (non-hydrogen) atoms. The minimum Gasteiger partial charge on any atom is -0.466 e. The van der Waals surface area contributed by atoms with E-state index >= 15 is 0 Å². The molecule has 1 atom stereocenters. The zero-order valence-corrected chi connectivity index (χ0v) is 22.4. The van der Waals surface area contributed by atoms with Crippen molar-refractivity contribution in [1.82, 2.24) is 0 Å². The van der Waals surface area contributed by atoms with Crippen molar-refractivity contribution >= 4 is 36.1 Å². The summed E-state index contributed by atoms with van der Waals surface area (Å²) in [5, 5.41) is 2.00. The summed E-state index contributed by atoms with van der Waals surface area (Å²) in [5.41, 5.74) is 9.26. The number of nitrogens with two attached hydrogens (primary N) is 1. The van der Waals surface area contributed by atoms with E-state index in [1.165, 1.54) is 16.9 Å². The van der Waals surface area contributed by atoms with E-state index < -0.39 is 0 Å². The summed E-state index contributed by atoms with van der Waals surface area (Å²) in [7, 11) is 0. The summed E-state index contributed by atoms with van der Waals surface area (Å²) in [5.74, 6) is 0.0825. The number of hydrogen-bond donors (Lipinski definition) is 1. The molecule has 2 aromatic carbocycles. The van der Waals surface area contributed by atoms with Crippen LogP contribution in [-0.4, -0.2) is 44.5 Å². The first-order valence-corrected chi connectivity index (χ1v) is 12.9. The van der Waals surface area contributed by atoms with Gasteiger partial charge in [0, 0.05) is 18.7 Å². The fraction of sp³-hybridized carbons (Fsp3) is 0.310. The summed E-state index contributed by atoms with van der Waals surface area (Å²) in [4.78, 5) is 30.7. The van der Waals surface area contributed by atoms with E-state index in [-0.39, 0.29) is 11.9 Å². The van der Waals surface area contributed by atoms with Crippen molar-refractivity contribution in [3.63, 3.8) is 0 Å². The van der Waals surface area contributed by atoms with E-state index in [2.05, 4.69) is 41.2 Å². The van der Waals surface area contributed by atoms with Gasteiger partial charge in [-0.05, 0) is 54.1 Å². The Balaban J connectivity index is 0.000000365. The average molecular weight is 508 g/mol. The lowest BCUT2D eigenvalue weighted by Crippen LogP contribution is -2.06. The number of benzene rings is 2. The molecule has 6 nitrogen and oxygen atoms in total. The Morgan fingerprint density at radius 3 is 2.28 bits per heavy atom. The standard InChI is InChI=1S/C17H18N2OS.C10H12O2.C2H7N/c1-3-18-12-19-9-13(2)14-4-6-15(7-5-14)16-8-17(10-20)21-11-16;1-2-12-10(11)8-9-6-4-3-5-7-9;1-2-3/h4-13H,3H2,1-2H3;3-7H,2,8H2,1H3;2-3H2,1H3. The van der Waals surface area contributed by atoms with E-state index in [1.807, 2.05) is 68.8 Å². The predicted molar refractivity (Wildman–Crippen MR) is 153 cm³/mol. The van der Waals surface area contributed by atoms with Gasteiger partial charge in [0.25, 0.3) is 0 Å². The number of nitrogens with zero attached hydrogens (tertiary/aromatic N) is 2. The summed E-state index contributed by atoms with van der Waals surface area (Å²) in [6, 6.07) is 19.8. The third-order valence-corrected chi connectivity index (χ3v) is 5.50. The zero-order valence-electron chi connectivity index (χ0n) is 21.6. The van der Waals surface area contributed by atoms with Gasteiger partial charge in [-0.25, -0.2) is 4.99 Å². The maximum Gasteiger partial charge on any atom is 0.310 e. The maximum atomic E-state index is 11.0. The molecule has 7 heteroatoms. The normalized spacial score (nSPS) is 11.2. The van der Waals surface area contributed by atoms with Gasteiger partial charge in [0.1, 0.15) is 6.34 Å². The van der Waals surface area contributed by atoms with Crippen molar-refractivity contribution < 1.29 is 14.3 Å². The molecule has 3 aromatic rings. The maximum absolute atomic E-state index is 11.0. The highest BCUT2D eigenvalue weighted by Crippen LogP contribution is 2.26. The number of hydrogen-bond acceptors (Lipinski definition) is 6. The van der Waals surface area contributed by atoms with Crippen molar-refractivity contribution in [3.05, 3.63) is 82.0 Å².